The first-order valence-corrected chi connectivity index (χ1v) is 6.57. The second kappa shape index (κ2) is 5.21. The molecule has 0 fully saturated rings. The van der Waals surface area contributed by atoms with Crippen LogP contribution in [0.25, 0.3) is 10.9 Å². The number of benzene rings is 1. The molecule has 20 heavy (non-hydrogen) atoms. The van der Waals surface area contributed by atoms with E-state index in [-0.39, 0.29) is 0 Å². The van der Waals surface area contributed by atoms with Gasteiger partial charge in [0, 0.05) is 37.3 Å². The van der Waals surface area contributed by atoms with Gasteiger partial charge in [0.05, 0.1) is 23.1 Å². The van der Waals surface area contributed by atoms with Crippen LogP contribution in [0.2, 0.25) is 0 Å². The van der Waals surface area contributed by atoms with Crippen molar-refractivity contribution < 1.29 is 0 Å². The van der Waals surface area contributed by atoms with Crippen LogP contribution in [0, 0.1) is 0 Å². The highest BCUT2D eigenvalue weighted by atomic mass is 15.1. The van der Waals surface area contributed by atoms with Crippen LogP contribution in [0.5, 0.6) is 0 Å². The van der Waals surface area contributed by atoms with E-state index >= 15 is 0 Å². The lowest BCUT2D eigenvalue weighted by atomic mass is 10.2. The number of fused-ring (bicyclic) bond motifs is 1. The van der Waals surface area contributed by atoms with Crippen LogP contribution in [-0.4, -0.2) is 28.8 Å². The van der Waals surface area contributed by atoms with Crippen LogP contribution in [-0.2, 0) is 6.42 Å². The molecule has 3 N–H and O–H groups in total. The molecule has 2 aromatic heterocycles. The van der Waals surface area contributed by atoms with Gasteiger partial charge in [0.25, 0.3) is 0 Å². The molecular formula is C15H17N5. The minimum absolute atomic E-state index is 0.766. The third kappa shape index (κ3) is 2.42. The molecular weight excluding hydrogens is 250 g/mol. The Bertz CT molecular complexity index is 705. The molecule has 102 valence electrons. The molecule has 2 heterocycles. The largest absolute Gasteiger partial charge is 0.397 e. The van der Waals surface area contributed by atoms with E-state index in [0.717, 1.165) is 40.9 Å². The smallest absolute Gasteiger partial charge is 0.0672 e. The van der Waals surface area contributed by atoms with Crippen molar-refractivity contribution >= 4 is 22.3 Å². The van der Waals surface area contributed by atoms with Gasteiger partial charge in [-0.05, 0) is 24.3 Å². The monoisotopic (exact) mass is 267 g/mol. The molecule has 5 nitrogen and oxygen atoms in total. The van der Waals surface area contributed by atoms with Crippen molar-refractivity contribution in [1.29, 1.82) is 0 Å². The SMILES string of the molecule is CN(CCc1ccccn1)c1cc2[nH]ncc2cc1N. The maximum Gasteiger partial charge on any atom is 0.0672 e. The normalized spacial score (nSPS) is 10.8. The molecule has 5 heteroatoms. The molecule has 0 aliphatic rings. The molecule has 0 amide bonds. The third-order valence-corrected chi connectivity index (χ3v) is 3.43. The summed E-state index contributed by atoms with van der Waals surface area (Å²) in [6.07, 6.45) is 4.49. The van der Waals surface area contributed by atoms with Gasteiger partial charge in [-0.1, -0.05) is 6.07 Å². The number of H-pyrrole nitrogens is 1. The fraction of sp³-hybridized carbons (Fsp3) is 0.200. The van der Waals surface area contributed by atoms with Crippen LogP contribution in [0.1, 0.15) is 5.69 Å². The molecule has 1 aromatic carbocycles. The van der Waals surface area contributed by atoms with E-state index in [1.54, 1.807) is 6.20 Å². The first-order valence-electron chi connectivity index (χ1n) is 6.57. The second-order valence-electron chi connectivity index (χ2n) is 4.86. The zero-order chi connectivity index (χ0) is 13.9. The first kappa shape index (κ1) is 12.5. The molecule has 0 spiro atoms. The van der Waals surface area contributed by atoms with Crippen LogP contribution in [0.3, 0.4) is 0 Å². The summed E-state index contributed by atoms with van der Waals surface area (Å²) in [5, 5.41) is 8.03. The standard InChI is InChI=1S/C15H17N5/c1-20(7-5-12-4-2-3-6-17-12)15-9-14-11(8-13(15)16)10-18-19-14/h2-4,6,8-10H,5,7,16H2,1H3,(H,18,19). The fourth-order valence-corrected chi connectivity index (χ4v) is 2.28. The number of nitrogen functional groups attached to an aromatic ring is 1. The van der Waals surface area contributed by atoms with E-state index in [1.807, 2.05) is 43.6 Å². The minimum Gasteiger partial charge on any atom is -0.397 e. The van der Waals surface area contributed by atoms with Crippen molar-refractivity contribution in [2.24, 2.45) is 0 Å². The lowest BCUT2D eigenvalue weighted by Crippen LogP contribution is -2.21. The van der Waals surface area contributed by atoms with Gasteiger partial charge in [-0.25, -0.2) is 0 Å². The molecule has 0 saturated heterocycles. The Morgan fingerprint density at radius 1 is 1.30 bits per heavy atom. The van der Waals surface area contributed by atoms with E-state index < -0.39 is 0 Å². The lowest BCUT2D eigenvalue weighted by Gasteiger charge is -2.21. The summed E-state index contributed by atoms with van der Waals surface area (Å²) in [6, 6.07) is 9.96. The number of pyridine rings is 1. The predicted molar refractivity (Wildman–Crippen MR) is 81.7 cm³/mol. The van der Waals surface area contributed by atoms with Crippen molar-refractivity contribution in [3.63, 3.8) is 0 Å². The van der Waals surface area contributed by atoms with E-state index in [2.05, 4.69) is 20.1 Å². The Hall–Kier alpha value is -2.56. The number of nitrogens with one attached hydrogen (secondary N) is 1. The quantitative estimate of drug-likeness (QED) is 0.711. The highest BCUT2D eigenvalue weighted by Gasteiger charge is 2.08. The van der Waals surface area contributed by atoms with Crippen molar-refractivity contribution in [1.82, 2.24) is 15.2 Å². The molecule has 0 atom stereocenters. The third-order valence-electron chi connectivity index (χ3n) is 3.43. The molecule has 0 radical (unpaired) electrons. The van der Waals surface area contributed by atoms with Crippen molar-refractivity contribution in [2.45, 2.75) is 6.42 Å². The lowest BCUT2D eigenvalue weighted by molar-refractivity contribution is 0.854. The van der Waals surface area contributed by atoms with E-state index in [4.69, 9.17) is 5.73 Å². The van der Waals surface area contributed by atoms with Gasteiger partial charge < -0.3 is 10.6 Å². The zero-order valence-corrected chi connectivity index (χ0v) is 11.4. The molecule has 0 saturated carbocycles. The van der Waals surface area contributed by atoms with Crippen LogP contribution in [0.15, 0.2) is 42.7 Å². The van der Waals surface area contributed by atoms with Gasteiger partial charge in [0.15, 0.2) is 0 Å². The van der Waals surface area contributed by atoms with E-state index in [9.17, 15) is 0 Å². The second-order valence-corrected chi connectivity index (χ2v) is 4.86. The summed E-state index contributed by atoms with van der Waals surface area (Å²) in [4.78, 5) is 6.48. The number of aromatic nitrogens is 3. The number of likely N-dealkylation sites (N-methyl/N-ethyl adjacent to an activating group) is 1. The van der Waals surface area contributed by atoms with Gasteiger partial charge in [0.1, 0.15) is 0 Å². The summed E-state index contributed by atoms with van der Waals surface area (Å²) in [5.41, 5.74) is 9.98. The minimum atomic E-state index is 0.766. The van der Waals surface area contributed by atoms with Gasteiger partial charge in [-0.2, -0.15) is 5.10 Å². The van der Waals surface area contributed by atoms with E-state index in [0.29, 0.717) is 0 Å². The Morgan fingerprint density at radius 3 is 3.00 bits per heavy atom. The van der Waals surface area contributed by atoms with E-state index in [1.165, 1.54) is 0 Å². The van der Waals surface area contributed by atoms with Crippen molar-refractivity contribution in [2.75, 3.05) is 24.2 Å². The topological polar surface area (TPSA) is 70.8 Å². The van der Waals surface area contributed by atoms with Crippen molar-refractivity contribution in [3.8, 4) is 0 Å². The summed E-state index contributed by atoms with van der Waals surface area (Å²) in [7, 11) is 2.04. The number of anilines is 2. The highest BCUT2D eigenvalue weighted by Crippen LogP contribution is 2.27. The Kier molecular flexibility index (Phi) is 3.25. The maximum atomic E-state index is 6.12. The van der Waals surface area contributed by atoms with Crippen LogP contribution in [0.4, 0.5) is 11.4 Å². The van der Waals surface area contributed by atoms with Gasteiger partial charge in [-0.15, -0.1) is 0 Å². The molecule has 0 aliphatic carbocycles. The summed E-state index contributed by atoms with van der Waals surface area (Å²) >= 11 is 0. The van der Waals surface area contributed by atoms with Gasteiger partial charge in [-0.3, -0.25) is 10.1 Å². The number of rotatable bonds is 4. The van der Waals surface area contributed by atoms with Crippen LogP contribution < -0.4 is 10.6 Å². The average Bonchev–Trinajstić information content (AvgIpc) is 2.92. The van der Waals surface area contributed by atoms with Crippen molar-refractivity contribution in [3.05, 3.63) is 48.4 Å². The summed E-state index contributed by atoms with van der Waals surface area (Å²) in [5.74, 6) is 0. The Labute approximate surface area is 117 Å². The molecule has 0 unspecified atom stereocenters. The highest BCUT2D eigenvalue weighted by molar-refractivity contribution is 5.88. The number of nitrogens with two attached hydrogens (primary N) is 1. The van der Waals surface area contributed by atoms with Gasteiger partial charge in [0.2, 0.25) is 0 Å². The average molecular weight is 267 g/mol. The Balaban J connectivity index is 1.78. The number of nitrogens with zero attached hydrogens (tertiary/aromatic N) is 3. The van der Waals surface area contributed by atoms with Gasteiger partial charge >= 0.3 is 0 Å². The first-order chi connectivity index (χ1) is 9.74. The summed E-state index contributed by atoms with van der Waals surface area (Å²) in [6.45, 7) is 0.862. The fourth-order valence-electron chi connectivity index (χ4n) is 2.28. The Morgan fingerprint density at radius 2 is 2.20 bits per heavy atom. The number of hydrogen-bond acceptors (Lipinski definition) is 4. The molecule has 0 aliphatic heterocycles. The summed E-state index contributed by atoms with van der Waals surface area (Å²) < 4.78 is 0. The maximum absolute atomic E-state index is 6.12. The molecule has 3 aromatic rings. The number of aromatic amines is 1. The zero-order valence-electron chi connectivity index (χ0n) is 11.4. The predicted octanol–water partition coefficient (Wildman–Crippen LogP) is 2.22. The molecule has 0 bridgehead atoms. The molecule has 3 rings (SSSR count). The van der Waals surface area contributed by atoms with Crippen LogP contribution >= 0.6 is 0 Å². The number of hydrogen-bond donors (Lipinski definition) is 2.